The SMILES string of the molecule is COc1ccc(CNc2cc(C(=O)NCC(C)C)nc(C)n2)cc1. The van der Waals surface area contributed by atoms with Gasteiger partial charge in [-0.15, -0.1) is 0 Å². The first-order chi connectivity index (χ1) is 11.5. The number of nitrogens with zero attached hydrogens (tertiary/aromatic N) is 2. The number of benzene rings is 1. The molecule has 1 heterocycles. The summed E-state index contributed by atoms with van der Waals surface area (Å²) in [4.78, 5) is 20.7. The number of carbonyl (C=O) groups is 1. The maximum Gasteiger partial charge on any atom is 0.270 e. The molecule has 0 aliphatic carbocycles. The number of ether oxygens (including phenoxy) is 1. The number of anilines is 1. The molecule has 0 atom stereocenters. The van der Waals surface area contributed by atoms with Crippen LogP contribution in [0, 0.1) is 12.8 Å². The quantitative estimate of drug-likeness (QED) is 0.817. The van der Waals surface area contributed by atoms with Crippen LogP contribution in [0.5, 0.6) is 5.75 Å². The van der Waals surface area contributed by atoms with E-state index < -0.39 is 0 Å². The van der Waals surface area contributed by atoms with Crippen LogP contribution in [0.15, 0.2) is 30.3 Å². The van der Waals surface area contributed by atoms with Crippen molar-refractivity contribution in [3.8, 4) is 5.75 Å². The predicted molar refractivity (Wildman–Crippen MR) is 94.3 cm³/mol. The Morgan fingerprint density at radius 2 is 1.92 bits per heavy atom. The van der Waals surface area contributed by atoms with E-state index in [-0.39, 0.29) is 5.91 Å². The van der Waals surface area contributed by atoms with Crippen molar-refractivity contribution in [1.29, 1.82) is 0 Å². The molecule has 6 heteroatoms. The summed E-state index contributed by atoms with van der Waals surface area (Å²) in [5.74, 6) is 2.23. The van der Waals surface area contributed by atoms with Crippen LogP contribution in [0.3, 0.4) is 0 Å². The topological polar surface area (TPSA) is 76.1 Å². The van der Waals surface area contributed by atoms with E-state index >= 15 is 0 Å². The lowest BCUT2D eigenvalue weighted by molar-refractivity contribution is 0.0943. The van der Waals surface area contributed by atoms with Gasteiger partial charge in [-0.05, 0) is 30.5 Å². The molecule has 2 N–H and O–H groups in total. The van der Waals surface area contributed by atoms with E-state index in [4.69, 9.17) is 4.74 Å². The zero-order valence-corrected chi connectivity index (χ0v) is 14.6. The monoisotopic (exact) mass is 328 g/mol. The Morgan fingerprint density at radius 3 is 2.54 bits per heavy atom. The Kier molecular flexibility index (Phi) is 6.12. The van der Waals surface area contributed by atoms with Crippen LogP contribution < -0.4 is 15.4 Å². The van der Waals surface area contributed by atoms with Crippen molar-refractivity contribution < 1.29 is 9.53 Å². The number of carbonyl (C=O) groups excluding carboxylic acids is 1. The maximum absolute atomic E-state index is 12.2. The summed E-state index contributed by atoms with van der Waals surface area (Å²) < 4.78 is 5.14. The lowest BCUT2D eigenvalue weighted by Gasteiger charge is -2.10. The highest BCUT2D eigenvalue weighted by Crippen LogP contribution is 2.13. The first-order valence-electron chi connectivity index (χ1n) is 7.98. The van der Waals surface area contributed by atoms with Crippen molar-refractivity contribution in [3.05, 3.63) is 47.4 Å². The van der Waals surface area contributed by atoms with Gasteiger partial charge in [-0.3, -0.25) is 4.79 Å². The minimum absolute atomic E-state index is 0.179. The molecule has 2 rings (SSSR count). The third-order valence-corrected chi connectivity index (χ3v) is 3.37. The van der Waals surface area contributed by atoms with Crippen molar-refractivity contribution in [2.45, 2.75) is 27.3 Å². The minimum Gasteiger partial charge on any atom is -0.497 e. The summed E-state index contributed by atoms with van der Waals surface area (Å²) in [6.45, 7) is 7.10. The van der Waals surface area contributed by atoms with Gasteiger partial charge < -0.3 is 15.4 Å². The fourth-order valence-corrected chi connectivity index (χ4v) is 2.10. The van der Waals surface area contributed by atoms with Crippen molar-refractivity contribution in [3.63, 3.8) is 0 Å². The fourth-order valence-electron chi connectivity index (χ4n) is 2.10. The summed E-state index contributed by atoms with van der Waals surface area (Å²) in [7, 11) is 1.64. The normalized spacial score (nSPS) is 10.5. The van der Waals surface area contributed by atoms with E-state index in [0.29, 0.717) is 36.3 Å². The number of nitrogens with one attached hydrogen (secondary N) is 2. The Labute approximate surface area is 142 Å². The summed E-state index contributed by atoms with van der Waals surface area (Å²) in [5, 5.41) is 6.10. The van der Waals surface area contributed by atoms with Gasteiger partial charge >= 0.3 is 0 Å². The number of rotatable bonds is 7. The predicted octanol–water partition coefficient (Wildman–Crippen LogP) is 2.79. The second-order valence-electron chi connectivity index (χ2n) is 5.99. The van der Waals surface area contributed by atoms with Gasteiger partial charge in [0.15, 0.2) is 0 Å². The largest absolute Gasteiger partial charge is 0.497 e. The molecular weight excluding hydrogens is 304 g/mol. The smallest absolute Gasteiger partial charge is 0.270 e. The Balaban J connectivity index is 2.03. The highest BCUT2D eigenvalue weighted by Gasteiger charge is 2.10. The van der Waals surface area contributed by atoms with Crippen LogP contribution in [0.4, 0.5) is 5.82 Å². The van der Waals surface area contributed by atoms with Crippen LogP contribution >= 0.6 is 0 Å². The van der Waals surface area contributed by atoms with Gasteiger partial charge in [-0.1, -0.05) is 26.0 Å². The summed E-state index contributed by atoms with van der Waals surface area (Å²) in [5.41, 5.74) is 1.47. The molecular formula is C18H24N4O2. The van der Waals surface area contributed by atoms with Gasteiger partial charge in [0.1, 0.15) is 23.1 Å². The third kappa shape index (κ3) is 5.22. The summed E-state index contributed by atoms with van der Waals surface area (Å²) >= 11 is 0. The van der Waals surface area contributed by atoms with E-state index in [9.17, 15) is 4.79 Å². The Hall–Kier alpha value is -2.63. The van der Waals surface area contributed by atoms with Crippen LogP contribution in [0.25, 0.3) is 0 Å². The molecule has 24 heavy (non-hydrogen) atoms. The molecule has 0 fully saturated rings. The second-order valence-corrected chi connectivity index (χ2v) is 5.99. The van der Waals surface area contributed by atoms with Crippen LogP contribution in [-0.4, -0.2) is 29.5 Å². The van der Waals surface area contributed by atoms with Crippen molar-refractivity contribution >= 4 is 11.7 Å². The average Bonchev–Trinajstić information content (AvgIpc) is 2.57. The lowest BCUT2D eigenvalue weighted by atomic mass is 10.2. The standard InChI is InChI=1S/C18H24N4O2/c1-12(2)10-20-18(23)16-9-17(22-13(3)21-16)19-11-14-5-7-15(24-4)8-6-14/h5-9,12H,10-11H2,1-4H3,(H,20,23)(H,19,21,22). The Bertz CT molecular complexity index is 684. The molecule has 0 bridgehead atoms. The zero-order chi connectivity index (χ0) is 17.5. The number of hydrogen-bond acceptors (Lipinski definition) is 5. The molecule has 1 aromatic heterocycles. The minimum atomic E-state index is -0.179. The van der Waals surface area contributed by atoms with E-state index in [1.165, 1.54) is 0 Å². The number of methoxy groups -OCH3 is 1. The molecule has 0 unspecified atom stereocenters. The molecule has 6 nitrogen and oxygen atoms in total. The Morgan fingerprint density at radius 1 is 1.21 bits per heavy atom. The van der Waals surface area contributed by atoms with E-state index in [0.717, 1.165) is 11.3 Å². The van der Waals surface area contributed by atoms with Crippen molar-refractivity contribution in [2.24, 2.45) is 5.92 Å². The molecule has 0 radical (unpaired) electrons. The molecule has 0 spiro atoms. The van der Waals surface area contributed by atoms with Gasteiger partial charge in [-0.25, -0.2) is 9.97 Å². The maximum atomic E-state index is 12.2. The van der Waals surface area contributed by atoms with E-state index in [2.05, 4.69) is 20.6 Å². The first kappa shape index (κ1) is 17.7. The third-order valence-electron chi connectivity index (χ3n) is 3.37. The summed E-state index contributed by atoms with van der Waals surface area (Å²) in [6.07, 6.45) is 0. The first-order valence-corrected chi connectivity index (χ1v) is 7.98. The van der Waals surface area contributed by atoms with Crippen LogP contribution in [0.2, 0.25) is 0 Å². The van der Waals surface area contributed by atoms with Crippen molar-refractivity contribution in [1.82, 2.24) is 15.3 Å². The molecule has 128 valence electrons. The molecule has 2 aromatic rings. The second kappa shape index (κ2) is 8.29. The molecule has 0 aliphatic rings. The van der Waals surface area contributed by atoms with Gasteiger partial charge in [0.05, 0.1) is 7.11 Å². The van der Waals surface area contributed by atoms with Crippen LogP contribution in [0.1, 0.15) is 35.7 Å². The van der Waals surface area contributed by atoms with Gasteiger partial charge in [0, 0.05) is 19.2 Å². The molecule has 0 saturated heterocycles. The molecule has 0 aliphatic heterocycles. The van der Waals surface area contributed by atoms with Gasteiger partial charge in [-0.2, -0.15) is 0 Å². The molecule has 0 saturated carbocycles. The van der Waals surface area contributed by atoms with E-state index in [1.54, 1.807) is 20.1 Å². The number of amides is 1. The average molecular weight is 328 g/mol. The van der Waals surface area contributed by atoms with Crippen molar-refractivity contribution in [2.75, 3.05) is 19.0 Å². The van der Waals surface area contributed by atoms with Gasteiger partial charge in [0.25, 0.3) is 5.91 Å². The number of aryl methyl sites for hydroxylation is 1. The van der Waals surface area contributed by atoms with Gasteiger partial charge in [0.2, 0.25) is 0 Å². The highest BCUT2D eigenvalue weighted by molar-refractivity contribution is 5.92. The number of hydrogen-bond donors (Lipinski definition) is 2. The zero-order valence-electron chi connectivity index (χ0n) is 14.6. The fraction of sp³-hybridized carbons (Fsp3) is 0.389. The highest BCUT2D eigenvalue weighted by atomic mass is 16.5. The number of aromatic nitrogens is 2. The lowest BCUT2D eigenvalue weighted by Crippen LogP contribution is -2.28. The van der Waals surface area contributed by atoms with E-state index in [1.807, 2.05) is 38.1 Å². The van der Waals surface area contributed by atoms with Crippen LogP contribution in [-0.2, 0) is 6.54 Å². The molecule has 1 amide bonds. The molecule has 1 aromatic carbocycles. The summed E-state index contributed by atoms with van der Waals surface area (Å²) in [6, 6.07) is 9.46.